The van der Waals surface area contributed by atoms with Crippen molar-refractivity contribution in [2.75, 3.05) is 0 Å². The summed E-state index contributed by atoms with van der Waals surface area (Å²) in [4.78, 5) is 4.64. The Morgan fingerprint density at radius 2 is 1.94 bits per heavy atom. The number of aromatic nitrogens is 2. The first kappa shape index (κ1) is 11.5. The molecule has 3 rings (SSSR count). The minimum absolute atomic E-state index is 0.888. The highest BCUT2D eigenvalue weighted by atomic mass is 79.9. The molecule has 0 aliphatic carbocycles. The highest BCUT2D eigenvalue weighted by molar-refractivity contribution is 9.10. The van der Waals surface area contributed by atoms with Crippen LogP contribution < -0.4 is 0 Å². The van der Waals surface area contributed by atoms with Gasteiger partial charge in [0, 0.05) is 11.8 Å². The average molecular weight is 301 g/mol. The maximum atomic E-state index is 4.64. The van der Waals surface area contributed by atoms with Gasteiger partial charge in [0.1, 0.15) is 10.4 Å². The minimum Gasteiger partial charge on any atom is -0.299 e. The summed E-state index contributed by atoms with van der Waals surface area (Å²) < 4.78 is 3.00. The van der Waals surface area contributed by atoms with Crippen LogP contribution in [0.5, 0.6) is 0 Å². The summed E-state index contributed by atoms with van der Waals surface area (Å²) in [7, 11) is 0. The Bertz CT molecular complexity index is 728. The van der Waals surface area contributed by atoms with Crippen LogP contribution in [0.2, 0.25) is 0 Å². The molecule has 3 aromatic rings. The summed E-state index contributed by atoms with van der Waals surface area (Å²) in [5, 5.41) is 0. The molecular formula is C15H13BrN2. The number of pyridine rings is 1. The summed E-state index contributed by atoms with van der Waals surface area (Å²) >= 11 is 3.53. The number of imidazole rings is 1. The van der Waals surface area contributed by atoms with Gasteiger partial charge >= 0.3 is 0 Å². The second-order valence-electron chi connectivity index (χ2n) is 4.50. The standard InChI is InChI=1S/C15H13BrN2/c1-10-6-7-11(2)12(9-10)15-17-14(16)13-5-3-4-8-18(13)15/h3-9H,1-2H3. The molecule has 90 valence electrons. The van der Waals surface area contributed by atoms with Gasteiger partial charge in [0.2, 0.25) is 0 Å². The SMILES string of the molecule is Cc1ccc(C)c(-c2nc(Br)c3ccccn23)c1. The Labute approximate surface area is 114 Å². The predicted molar refractivity (Wildman–Crippen MR) is 77.8 cm³/mol. The van der Waals surface area contributed by atoms with Gasteiger partial charge in [0.05, 0.1) is 5.52 Å². The van der Waals surface area contributed by atoms with Crippen molar-refractivity contribution in [3.8, 4) is 11.4 Å². The minimum atomic E-state index is 0.888. The molecule has 2 nitrogen and oxygen atoms in total. The van der Waals surface area contributed by atoms with Gasteiger partial charge in [-0.3, -0.25) is 4.40 Å². The van der Waals surface area contributed by atoms with Crippen molar-refractivity contribution in [1.82, 2.24) is 9.38 Å². The fourth-order valence-corrected chi connectivity index (χ4v) is 2.66. The van der Waals surface area contributed by atoms with E-state index in [2.05, 4.69) is 63.4 Å². The van der Waals surface area contributed by atoms with Crippen LogP contribution in [0.25, 0.3) is 16.9 Å². The number of hydrogen-bond acceptors (Lipinski definition) is 1. The quantitative estimate of drug-likeness (QED) is 0.652. The molecule has 0 atom stereocenters. The van der Waals surface area contributed by atoms with Crippen molar-refractivity contribution >= 4 is 21.4 Å². The summed E-state index contributed by atoms with van der Waals surface area (Å²) in [5.74, 6) is 0.985. The molecule has 0 radical (unpaired) electrons. The zero-order valence-electron chi connectivity index (χ0n) is 10.3. The molecule has 1 aromatic carbocycles. The highest BCUT2D eigenvalue weighted by Gasteiger charge is 2.12. The molecule has 0 saturated heterocycles. The molecule has 0 aliphatic rings. The Kier molecular flexibility index (Phi) is 2.71. The number of benzene rings is 1. The first-order valence-electron chi connectivity index (χ1n) is 5.87. The van der Waals surface area contributed by atoms with Crippen molar-refractivity contribution in [3.05, 3.63) is 58.3 Å². The lowest BCUT2D eigenvalue weighted by atomic mass is 10.1. The molecule has 0 unspecified atom stereocenters. The maximum Gasteiger partial charge on any atom is 0.146 e. The van der Waals surface area contributed by atoms with Gasteiger partial charge in [0.15, 0.2) is 0 Å². The van der Waals surface area contributed by atoms with E-state index >= 15 is 0 Å². The summed E-state index contributed by atoms with van der Waals surface area (Å²) in [6, 6.07) is 12.6. The van der Waals surface area contributed by atoms with Crippen molar-refractivity contribution in [2.24, 2.45) is 0 Å². The third-order valence-corrected chi connectivity index (χ3v) is 3.72. The van der Waals surface area contributed by atoms with Gasteiger partial charge in [-0.1, -0.05) is 23.8 Å². The fourth-order valence-electron chi connectivity index (χ4n) is 2.17. The normalized spacial score (nSPS) is 11.1. The van der Waals surface area contributed by atoms with E-state index in [1.54, 1.807) is 0 Å². The van der Waals surface area contributed by atoms with E-state index in [1.165, 1.54) is 16.7 Å². The lowest BCUT2D eigenvalue weighted by molar-refractivity contribution is 1.15. The molecule has 2 heterocycles. The summed E-state index contributed by atoms with van der Waals surface area (Å²) in [6.07, 6.45) is 2.05. The first-order valence-corrected chi connectivity index (χ1v) is 6.66. The molecule has 0 N–H and O–H groups in total. The van der Waals surface area contributed by atoms with E-state index in [1.807, 2.05) is 18.3 Å². The topological polar surface area (TPSA) is 17.3 Å². The van der Waals surface area contributed by atoms with Crippen LogP contribution in [-0.4, -0.2) is 9.38 Å². The molecule has 0 saturated carbocycles. The molecule has 3 heteroatoms. The number of hydrogen-bond donors (Lipinski definition) is 0. The second-order valence-corrected chi connectivity index (χ2v) is 5.25. The largest absolute Gasteiger partial charge is 0.299 e. The molecule has 2 aromatic heterocycles. The number of fused-ring (bicyclic) bond motifs is 1. The maximum absolute atomic E-state index is 4.64. The van der Waals surface area contributed by atoms with Crippen molar-refractivity contribution in [1.29, 1.82) is 0 Å². The third kappa shape index (κ3) is 1.75. The van der Waals surface area contributed by atoms with E-state index < -0.39 is 0 Å². The van der Waals surface area contributed by atoms with Crippen LogP contribution in [0.1, 0.15) is 11.1 Å². The van der Waals surface area contributed by atoms with Crippen LogP contribution in [0.4, 0.5) is 0 Å². The third-order valence-electron chi connectivity index (χ3n) is 3.14. The summed E-state index contributed by atoms with van der Waals surface area (Å²) in [5.41, 5.74) is 4.76. The van der Waals surface area contributed by atoms with E-state index in [0.717, 1.165) is 15.9 Å². The zero-order valence-corrected chi connectivity index (χ0v) is 11.9. The fraction of sp³-hybridized carbons (Fsp3) is 0.133. The predicted octanol–water partition coefficient (Wildman–Crippen LogP) is 4.38. The smallest absolute Gasteiger partial charge is 0.146 e. The number of rotatable bonds is 1. The van der Waals surface area contributed by atoms with Gasteiger partial charge < -0.3 is 0 Å². The van der Waals surface area contributed by atoms with Gasteiger partial charge in [-0.2, -0.15) is 0 Å². The van der Waals surface area contributed by atoms with Gasteiger partial charge in [-0.15, -0.1) is 0 Å². The Morgan fingerprint density at radius 1 is 1.11 bits per heavy atom. The van der Waals surface area contributed by atoms with Crippen LogP contribution >= 0.6 is 15.9 Å². The molecule has 18 heavy (non-hydrogen) atoms. The Morgan fingerprint density at radius 3 is 2.78 bits per heavy atom. The van der Waals surface area contributed by atoms with Crippen LogP contribution in [0.15, 0.2) is 47.2 Å². The molecule has 0 spiro atoms. The molecule has 0 bridgehead atoms. The molecule has 0 fully saturated rings. The van der Waals surface area contributed by atoms with Crippen molar-refractivity contribution in [2.45, 2.75) is 13.8 Å². The van der Waals surface area contributed by atoms with Crippen LogP contribution in [0, 0.1) is 13.8 Å². The zero-order chi connectivity index (χ0) is 12.7. The highest BCUT2D eigenvalue weighted by Crippen LogP contribution is 2.28. The van der Waals surface area contributed by atoms with Gasteiger partial charge in [-0.25, -0.2) is 4.98 Å². The van der Waals surface area contributed by atoms with E-state index in [-0.39, 0.29) is 0 Å². The first-order chi connectivity index (χ1) is 8.66. The number of aryl methyl sites for hydroxylation is 2. The molecule has 0 aliphatic heterocycles. The van der Waals surface area contributed by atoms with Gasteiger partial charge in [0.25, 0.3) is 0 Å². The van der Waals surface area contributed by atoms with Crippen molar-refractivity contribution in [3.63, 3.8) is 0 Å². The van der Waals surface area contributed by atoms with Crippen LogP contribution in [0.3, 0.4) is 0 Å². The summed E-state index contributed by atoms with van der Waals surface area (Å²) in [6.45, 7) is 4.22. The number of halogens is 1. The van der Waals surface area contributed by atoms with E-state index in [4.69, 9.17) is 0 Å². The Balaban J connectivity index is 2.35. The average Bonchev–Trinajstić information content (AvgIpc) is 2.71. The van der Waals surface area contributed by atoms with Gasteiger partial charge in [-0.05, 0) is 53.5 Å². The Hall–Kier alpha value is -1.61. The van der Waals surface area contributed by atoms with E-state index in [9.17, 15) is 0 Å². The molecular weight excluding hydrogens is 288 g/mol. The monoisotopic (exact) mass is 300 g/mol. The van der Waals surface area contributed by atoms with Crippen LogP contribution in [-0.2, 0) is 0 Å². The molecule has 0 amide bonds. The van der Waals surface area contributed by atoms with Crippen molar-refractivity contribution < 1.29 is 0 Å². The number of nitrogens with zero attached hydrogens (tertiary/aromatic N) is 2. The lowest BCUT2D eigenvalue weighted by Gasteiger charge is -2.06. The van der Waals surface area contributed by atoms with E-state index in [0.29, 0.717) is 0 Å². The lowest BCUT2D eigenvalue weighted by Crippen LogP contribution is -1.91. The second kappa shape index (κ2) is 4.25.